The molecule has 1 heterocycles. The second-order valence-corrected chi connectivity index (χ2v) is 7.55. The van der Waals surface area contributed by atoms with E-state index in [1.54, 1.807) is 0 Å². The zero-order valence-corrected chi connectivity index (χ0v) is 16.8. The second kappa shape index (κ2) is 9.93. The molecule has 1 saturated heterocycles. The van der Waals surface area contributed by atoms with Crippen LogP contribution >= 0.6 is 0 Å². The van der Waals surface area contributed by atoms with Gasteiger partial charge < -0.3 is 15.1 Å². The molecule has 5 nitrogen and oxygen atoms in total. The first-order valence-corrected chi connectivity index (χ1v) is 9.93. The number of guanidine groups is 1. The maximum absolute atomic E-state index is 12.4. The second-order valence-electron chi connectivity index (χ2n) is 7.55. The van der Waals surface area contributed by atoms with Gasteiger partial charge in [-0.25, -0.2) is 4.99 Å². The Morgan fingerprint density at radius 1 is 1.07 bits per heavy atom. The number of carbonyl (C=O) groups excluding carboxylic acids is 1. The van der Waals surface area contributed by atoms with Gasteiger partial charge in [-0.1, -0.05) is 60.7 Å². The normalized spacial score (nSPS) is 17.1. The summed E-state index contributed by atoms with van der Waals surface area (Å²) in [6.07, 6.45) is 1.52. The Morgan fingerprint density at radius 3 is 2.36 bits per heavy atom. The Labute approximate surface area is 168 Å². The van der Waals surface area contributed by atoms with E-state index in [0.717, 1.165) is 32.0 Å². The van der Waals surface area contributed by atoms with Gasteiger partial charge in [0, 0.05) is 46.1 Å². The van der Waals surface area contributed by atoms with Crippen molar-refractivity contribution >= 4 is 11.9 Å². The first-order chi connectivity index (χ1) is 13.6. The van der Waals surface area contributed by atoms with E-state index in [9.17, 15) is 4.79 Å². The van der Waals surface area contributed by atoms with Crippen molar-refractivity contribution in [2.24, 2.45) is 10.9 Å². The van der Waals surface area contributed by atoms with Crippen LogP contribution in [-0.4, -0.2) is 55.4 Å². The molecular formula is C23H30N4O. The van der Waals surface area contributed by atoms with Gasteiger partial charge in [-0.05, 0) is 17.5 Å². The molecule has 0 bridgehead atoms. The highest BCUT2D eigenvalue weighted by Crippen LogP contribution is 2.17. The number of amides is 1. The standard InChI is InChI=1S/C23H30N4O/c1-26(2)23(24-16-20-11-7-4-8-12-20)25-17-21-15-22(28)27(18-21)14-13-19-9-5-3-6-10-19/h3-12,21H,13-18H2,1-2H3,(H,24,25). The summed E-state index contributed by atoms with van der Waals surface area (Å²) in [4.78, 5) is 21.0. The van der Waals surface area contributed by atoms with Gasteiger partial charge in [-0.15, -0.1) is 0 Å². The fraction of sp³-hybridized carbons (Fsp3) is 0.391. The molecule has 1 N–H and O–H groups in total. The quantitative estimate of drug-likeness (QED) is 0.595. The van der Waals surface area contributed by atoms with Gasteiger partial charge in [0.15, 0.2) is 5.96 Å². The van der Waals surface area contributed by atoms with E-state index in [2.05, 4.69) is 29.6 Å². The van der Waals surface area contributed by atoms with E-state index in [1.807, 2.05) is 60.3 Å². The summed E-state index contributed by atoms with van der Waals surface area (Å²) in [6.45, 7) is 3.02. The molecule has 1 aliphatic rings. The van der Waals surface area contributed by atoms with Gasteiger partial charge in [0.2, 0.25) is 5.91 Å². The minimum absolute atomic E-state index is 0.260. The number of nitrogens with one attached hydrogen (secondary N) is 1. The molecule has 2 aromatic carbocycles. The molecule has 1 aliphatic heterocycles. The maximum Gasteiger partial charge on any atom is 0.223 e. The summed E-state index contributed by atoms with van der Waals surface area (Å²) in [5, 5.41) is 3.44. The predicted octanol–water partition coefficient (Wildman–Crippen LogP) is 2.79. The van der Waals surface area contributed by atoms with E-state index >= 15 is 0 Å². The third-order valence-corrected chi connectivity index (χ3v) is 5.03. The van der Waals surface area contributed by atoms with Gasteiger partial charge in [0.1, 0.15) is 0 Å². The minimum Gasteiger partial charge on any atom is -0.356 e. The topological polar surface area (TPSA) is 47.9 Å². The Hall–Kier alpha value is -2.82. The third kappa shape index (κ3) is 5.84. The summed E-state index contributed by atoms with van der Waals surface area (Å²) in [5.74, 6) is 1.44. The molecule has 1 amide bonds. The fourth-order valence-corrected chi connectivity index (χ4v) is 3.46. The number of rotatable bonds is 7. The van der Waals surface area contributed by atoms with Crippen molar-refractivity contribution < 1.29 is 4.79 Å². The van der Waals surface area contributed by atoms with Gasteiger partial charge >= 0.3 is 0 Å². The first-order valence-electron chi connectivity index (χ1n) is 9.93. The summed E-state index contributed by atoms with van der Waals surface area (Å²) in [6, 6.07) is 20.6. The molecule has 0 spiro atoms. The van der Waals surface area contributed by atoms with Crippen LogP contribution in [-0.2, 0) is 17.8 Å². The molecule has 3 rings (SSSR count). The Kier molecular flexibility index (Phi) is 7.06. The lowest BCUT2D eigenvalue weighted by molar-refractivity contribution is -0.127. The number of aliphatic imine (C=N–C) groups is 1. The molecule has 5 heteroatoms. The number of carbonyl (C=O) groups is 1. The Balaban J connectivity index is 1.48. The molecule has 28 heavy (non-hydrogen) atoms. The summed E-state index contributed by atoms with van der Waals surface area (Å²) in [7, 11) is 3.98. The van der Waals surface area contributed by atoms with Crippen LogP contribution < -0.4 is 5.32 Å². The maximum atomic E-state index is 12.4. The lowest BCUT2D eigenvalue weighted by atomic mass is 10.1. The van der Waals surface area contributed by atoms with Crippen LogP contribution in [0.3, 0.4) is 0 Å². The Bertz CT molecular complexity index is 774. The van der Waals surface area contributed by atoms with Gasteiger partial charge in [-0.2, -0.15) is 0 Å². The van der Waals surface area contributed by atoms with Crippen LogP contribution in [0.4, 0.5) is 0 Å². The van der Waals surface area contributed by atoms with E-state index < -0.39 is 0 Å². The Morgan fingerprint density at radius 2 is 1.71 bits per heavy atom. The zero-order valence-electron chi connectivity index (χ0n) is 16.8. The molecule has 1 fully saturated rings. The molecule has 0 aromatic heterocycles. The van der Waals surface area contributed by atoms with Crippen molar-refractivity contribution in [3.05, 3.63) is 71.8 Å². The highest BCUT2D eigenvalue weighted by Gasteiger charge is 2.29. The lowest BCUT2D eigenvalue weighted by Crippen LogP contribution is -2.39. The van der Waals surface area contributed by atoms with Crippen molar-refractivity contribution in [3.8, 4) is 0 Å². The number of benzene rings is 2. The van der Waals surface area contributed by atoms with Crippen molar-refractivity contribution in [1.29, 1.82) is 0 Å². The van der Waals surface area contributed by atoms with E-state index in [-0.39, 0.29) is 5.91 Å². The molecule has 0 radical (unpaired) electrons. The monoisotopic (exact) mass is 378 g/mol. The average molecular weight is 379 g/mol. The average Bonchev–Trinajstić information content (AvgIpc) is 3.07. The van der Waals surface area contributed by atoms with Gasteiger partial charge in [-0.3, -0.25) is 4.79 Å². The van der Waals surface area contributed by atoms with Gasteiger partial charge in [0.25, 0.3) is 0 Å². The highest BCUT2D eigenvalue weighted by atomic mass is 16.2. The van der Waals surface area contributed by atoms with Crippen LogP contribution in [0.15, 0.2) is 65.7 Å². The van der Waals surface area contributed by atoms with Crippen molar-refractivity contribution in [1.82, 2.24) is 15.1 Å². The highest BCUT2D eigenvalue weighted by molar-refractivity contribution is 5.80. The van der Waals surface area contributed by atoms with Gasteiger partial charge in [0.05, 0.1) is 6.54 Å². The van der Waals surface area contributed by atoms with Crippen LogP contribution in [0.5, 0.6) is 0 Å². The van der Waals surface area contributed by atoms with Crippen LogP contribution in [0.2, 0.25) is 0 Å². The largest absolute Gasteiger partial charge is 0.356 e. The van der Waals surface area contributed by atoms with Crippen molar-refractivity contribution in [3.63, 3.8) is 0 Å². The lowest BCUT2D eigenvalue weighted by Gasteiger charge is -2.20. The summed E-state index contributed by atoms with van der Waals surface area (Å²) < 4.78 is 0. The van der Waals surface area contributed by atoms with Crippen LogP contribution in [0.1, 0.15) is 17.5 Å². The van der Waals surface area contributed by atoms with E-state index in [0.29, 0.717) is 18.9 Å². The molecule has 0 aliphatic carbocycles. The van der Waals surface area contributed by atoms with E-state index in [1.165, 1.54) is 11.1 Å². The zero-order chi connectivity index (χ0) is 19.8. The third-order valence-electron chi connectivity index (χ3n) is 5.03. The van der Waals surface area contributed by atoms with Crippen LogP contribution in [0, 0.1) is 5.92 Å². The molecule has 148 valence electrons. The number of hydrogen-bond acceptors (Lipinski definition) is 2. The summed E-state index contributed by atoms with van der Waals surface area (Å²) in [5.41, 5.74) is 2.46. The van der Waals surface area contributed by atoms with Crippen molar-refractivity contribution in [2.45, 2.75) is 19.4 Å². The fourth-order valence-electron chi connectivity index (χ4n) is 3.46. The minimum atomic E-state index is 0.260. The van der Waals surface area contributed by atoms with E-state index in [4.69, 9.17) is 4.99 Å². The summed E-state index contributed by atoms with van der Waals surface area (Å²) >= 11 is 0. The molecule has 1 atom stereocenters. The number of likely N-dealkylation sites (tertiary alicyclic amines) is 1. The SMILES string of the molecule is CN(C)C(=NCc1ccccc1)NCC1CC(=O)N(CCc2ccccc2)C1. The number of nitrogens with zero attached hydrogens (tertiary/aromatic N) is 3. The van der Waals surface area contributed by atoms with Crippen LogP contribution in [0.25, 0.3) is 0 Å². The molecule has 2 aromatic rings. The molecule has 1 unspecified atom stereocenters. The first kappa shape index (κ1) is 19.9. The smallest absolute Gasteiger partial charge is 0.223 e. The van der Waals surface area contributed by atoms with Crippen molar-refractivity contribution in [2.75, 3.05) is 33.7 Å². The number of hydrogen-bond donors (Lipinski definition) is 1. The molecular weight excluding hydrogens is 348 g/mol. The predicted molar refractivity (Wildman–Crippen MR) is 114 cm³/mol. The molecule has 0 saturated carbocycles.